The third-order valence-corrected chi connectivity index (χ3v) is 6.59. The Kier molecular flexibility index (Phi) is 6.86. The summed E-state index contributed by atoms with van der Waals surface area (Å²) in [5.41, 5.74) is 1.57. The summed E-state index contributed by atoms with van der Waals surface area (Å²) in [7, 11) is -0.0550. The van der Waals surface area contributed by atoms with Gasteiger partial charge >= 0.3 is 0 Å². The molecule has 6 nitrogen and oxygen atoms in total. The van der Waals surface area contributed by atoms with E-state index in [4.69, 9.17) is 0 Å². The largest absolute Gasteiger partial charge is 0.350 e. The lowest BCUT2D eigenvalue weighted by Gasteiger charge is -2.24. The highest BCUT2D eigenvalue weighted by atomic mass is 32.2. The lowest BCUT2D eigenvalue weighted by Crippen LogP contribution is -2.34. The Morgan fingerprint density at radius 1 is 1.13 bits per heavy atom. The minimum atomic E-state index is -3.92. The molecule has 0 fully saturated rings. The highest BCUT2D eigenvalue weighted by molar-refractivity contribution is 7.92. The summed E-state index contributed by atoms with van der Waals surface area (Å²) in [6.45, 7) is 0.382. The second-order valence-electron chi connectivity index (χ2n) is 6.89. The summed E-state index contributed by atoms with van der Waals surface area (Å²) in [5, 5.41) is 6.89. The molecule has 3 aromatic rings. The van der Waals surface area contributed by atoms with Gasteiger partial charge in [-0.2, -0.15) is 11.3 Å². The Morgan fingerprint density at radius 2 is 1.87 bits per heavy atom. The predicted molar refractivity (Wildman–Crippen MR) is 117 cm³/mol. The number of amides is 1. The zero-order chi connectivity index (χ0) is 21.7. The molecule has 1 aromatic heterocycles. The number of carbonyl (C=O) groups excluding carboxylic acids is 1. The molecule has 0 bridgehead atoms. The van der Waals surface area contributed by atoms with E-state index in [1.165, 1.54) is 30.3 Å². The van der Waals surface area contributed by atoms with Gasteiger partial charge in [0.25, 0.3) is 15.9 Å². The Labute approximate surface area is 179 Å². The molecule has 1 atom stereocenters. The van der Waals surface area contributed by atoms with Gasteiger partial charge in [-0.1, -0.05) is 6.07 Å². The fraction of sp³-hybridized carbons (Fsp3) is 0.190. The van der Waals surface area contributed by atoms with Crippen molar-refractivity contribution < 1.29 is 17.6 Å². The average Bonchev–Trinajstić information content (AvgIpc) is 3.24. The maximum atomic E-state index is 13.0. The van der Waals surface area contributed by atoms with E-state index >= 15 is 0 Å². The molecule has 30 heavy (non-hydrogen) atoms. The molecule has 0 aliphatic heterocycles. The minimum Gasteiger partial charge on any atom is -0.350 e. The number of halogens is 1. The standard InChI is InChI=1S/C21H22FN3O3S2/c1-25(2)20(16-10-11-29-14-16)13-23-21(26)15-4-3-5-19(12-15)30(27,28)24-18-8-6-17(22)7-9-18/h3-12,14,20,24H,13H2,1-2H3,(H,23,26). The second kappa shape index (κ2) is 9.38. The Hall–Kier alpha value is -2.75. The summed E-state index contributed by atoms with van der Waals surface area (Å²) in [6.07, 6.45) is 0. The van der Waals surface area contributed by atoms with E-state index in [0.717, 1.165) is 17.7 Å². The molecule has 0 saturated carbocycles. The first-order valence-corrected chi connectivity index (χ1v) is 11.5. The molecule has 9 heteroatoms. The van der Waals surface area contributed by atoms with Gasteiger partial charge in [0.05, 0.1) is 10.9 Å². The molecule has 1 heterocycles. The van der Waals surface area contributed by atoms with Gasteiger partial charge in [0, 0.05) is 17.8 Å². The van der Waals surface area contributed by atoms with Crippen LogP contribution in [0.15, 0.2) is 70.3 Å². The van der Waals surface area contributed by atoms with Crippen molar-refractivity contribution in [2.75, 3.05) is 25.4 Å². The number of nitrogens with one attached hydrogen (secondary N) is 2. The molecule has 158 valence electrons. The molecule has 0 spiro atoms. The molecular weight excluding hydrogens is 425 g/mol. The van der Waals surface area contributed by atoms with Gasteiger partial charge in [0.15, 0.2) is 0 Å². The number of rotatable bonds is 8. The van der Waals surface area contributed by atoms with Gasteiger partial charge in [0.1, 0.15) is 5.82 Å². The van der Waals surface area contributed by atoms with Crippen molar-refractivity contribution in [1.82, 2.24) is 10.2 Å². The van der Waals surface area contributed by atoms with E-state index < -0.39 is 15.8 Å². The molecule has 0 saturated heterocycles. The summed E-state index contributed by atoms with van der Waals surface area (Å²) >= 11 is 1.59. The van der Waals surface area contributed by atoms with E-state index in [0.29, 0.717) is 6.54 Å². The molecule has 3 rings (SSSR count). The van der Waals surface area contributed by atoms with Crippen molar-refractivity contribution in [2.45, 2.75) is 10.9 Å². The van der Waals surface area contributed by atoms with Gasteiger partial charge in [0.2, 0.25) is 0 Å². The molecule has 1 unspecified atom stereocenters. The fourth-order valence-corrected chi connectivity index (χ4v) is 4.70. The van der Waals surface area contributed by atoms with Crippen LogP contribution in [0.1, 0.15) is 22.0 Å². The van der Waals surface area contributed by atoms with Crippen LogP contribution in [-0.2, 0) is 10.0 Å². The summed E-state index contributed by atoms with van der Waals surface area (Å²) in [5.74, 6) is -0.828. The minimum absolute atomic E-state index is 0.00672. The molecule has 0 radical (unpaired) electrons. The van der Waals surface area contributed by atoms with E-state index in [9.17, 15) is 17.6 Å². The molecule has 0 aliphatic carbocycles. The van der Waals surface area contributed by atoms with Crippen LogP contribution in [0.2, 0.25) is 0 Å². The summed E-state index contributed by atoms with van der Waals surface area (Å²) < 4.78 is 40.7. The number of sulfonamides is 1. The van der Waals surface area contributed by atoms with Crippen LogP contribution in [0.25, 0.3) is 0 Å². The van der Waals surface area contributed by atoms with Crippen molar-refractivity contribution in [1.29, 1.82) is 0 Å². The van der Waals surface area contributed by atoms with Gasteiger partial charge in [-0.05, 0) is 78.9 Å². The number of hydrogen-bond donors (Lipinski definition) is 2. The van der Waals surface area contributed by atoms with Crippen LogP contribution in [0.4, 0.5) is 10.1 Å². The third-order valence-electron chi connectivity index (χ3n) is 4.51. The predicted octanol–water partition coefficient (Wildman–Crippen LogP) is 3.72. The second-order valence-corrected chi connectivity index (χ2v) is 9.35. The van der Waals surface area contributed by atoms with E-state index in [1.807, 2.05) is 35.8 Å². The number of likely N-dealkylation sites (N-methyl/N-ethyl adjacent to an activating group) is 1. The van der Waals surface area contributed by atoms with Crippen LogP contribution in [0.5, 0.6) is 0 Å². The molecule has 2 N–H and O–H groups in total. The number of thiophene rings is 1. The Bertz CT molecular complexity index is 1100. The fourth-order valence-electron chi connectivity index (χ4n) is 2.89. The normalized spacial score (nSPS) is 12.5. The first kappa shape index (κ1) is 21.9. The highest BCUT2D eigenvalue weighted by Gasteiger charge is 2.19. The number of anilines is 1. The SMILES string of the molecule is CN(C)C(CNC(=O)c1cccc(S(=O)(=O)Nc2ccc(F)cc2)c1)c1ccsc1. The zero-order valence-electron chi connectivity index (χ0n) is 16.5. The molecule has 1 amide bonds. The summed E-state index contributed by atoms with van der Waals surface area (Å²) in [4.78, 5) is 14.6. The van der Waals surface area contributed by atoms with E-state index in [1.54, 1.807) is 17.4 Å². The molecular formula is C21H22FN3O3S2. The van der Waals surface area contributed by atoms with Crippen molar-refractivity contribution in [2.24, 2.45) is 0 Å². The summed E-state index contributed by atoms with van der Waals surface area (Å²) in [6, 6.07) is 12.8. The topological polar surface area (TPSA) is 78.5 Å². The monoisotopic (exact) mass is 447 g/mol. The smallest absolute Gasteiger partial charge is 0.261 e. The van der Waals surface area contributed by atoms with Crippen LogP contribution >= 0.6 is 11.3 Å². The third kappa shape index (κ3) is 5.44. The van der Waals surface area contributed by atoms with Crippen molar-refractivity contribution in [3.05, 3.63) is 82.3 Å². The van der Waals surface area contributed by atoms with Crippen LogP contribution in [-0.4, -0.2) is 39.9 Å². The van der Waals surface area contributed by atoms with Crippen LogP contribution in [0.3, 0.4) is 0 Å². The van der Waals surface area contributed by atoms with E-state index in [2.05, 4.69) is 10.0 Å². The van der Waals surface area contributed by atoms with Gasteiger partial charge in [-0.3, -0.25) is 9.52 Å². The quantitative estimate of drug-likeness (QED) is 0.552. The lowest BCUT2D eigenvalue weighted by molar-refractivity contribution is 0.0941. The van der Waals surface area contributed by atoms with Crippen molar-refractivity contribution in [3.8, 4) is 0 Å². The van der Waals surface area contributed by atoms with E-state index in [-0.39, 0.29) is 28.1 Å². The Balaban J connectivity index is 1.72. The maximum absolute atomic E-state index is 13.0. The first-order valence-electron chi connectivity index (χ1n) is 9.11. The Morgan fingerprint density at radius 3 is 2.50 bits per heavy atom. The van der Waals surface area contributed by atoms with Crippen LogP contribution in [0, 0.1) is 5.82 Å². The van der Waals surface area contributed by atoms with Gasteiger partial charge in [-0.25, -0.2) is 12.8 Å². The highest BCUT2D eigenvalue weighted by Crippen LogP contribution is 2.21. The van der Waals surface area contributed by atoms with Crippen molar-refractivity contribution >= 4 is 33.0 Å². The number of hydrogen-bond acceptors (Lipinski definition) is 5. The zero-order valence-corrected chi connectivity index (χ0v) is 18.1. The van der Waals surface area contributed by atoms with Crippen LogP contribution < -0.4 is 10.0 Å². The van der Waals surface area contributed by atoms with Gasteiger partial charge < -0.3 is 10.2 Å². The van der Waals surface area contributed by atoms with Crippen molar-refractivity contribution in [3.63, 3.8) is 0 Å². The maximum Gasteiger partial charge on any atom is 0.261 e. The molecule has 0 aliphatic rings. The van der Waals surface area contributed by atoms with Gasteiger partial charge in [-0.15, -0.1) is 0 Å². The number of carbonyl (C=O) groups is 1. The lowest BCUT2D eigenvalue weighted by atomic mass is 10.1. The first-order chi connectivity index (χ1) is 14.3. The number of benzene rings is 2. The molecule has 2 aromatic carbocycles. The number of nitrogens with zero attached hydrogens (tertiary/aromatic N) is 1. The average molecular weight is 448 g/mol.